The Morgan fingerprint density at radius 3 is 1.06 bits per heavy atom. The molecule has 0 aromatic heterocycles. The first-order valence-corrected chi connectivity index (χ1v) is 31.2. The highest BCUT2D eigenvalue weighted by atomic mass is 32.2. The van der Waals surface area contributed by atoms with E-state index in [0.29, 0.717) is 11.1 Å². The molecule has 8 N–H and O–H groups in total. The van der Waals surface area contributed by atoms with E-state index in [1.807, 2.05) is 84.9 Å². The van der Waals surface area contributed by atoms with Gasteiger partial charge in [-0.2, -0.15) is 0 Å². The Labute approximate surface area is 483 Å². The molecule has 4 amide bonds. The molecular formula is C64H82N4O12S2. The van der Waals surface area contributed by atoms with Gasteiger partial charge in [-0.25, -0.2) is 16.8 Å². The summed E-state index contributed by atoms with van der Waals surface area (Å²) in [6.45, 7) is 16.1. The summed E-state index contributed by atoms with van der Waals surface area (Å²) in [5.74, 6) is -7.54. The molecule has 0 saturated heterocycles. The number of carbonyl (C=O) groups is 4. The number of fused-ring (bicyclic) bond motifs is 2. The number of nitrogens with one attached hydrogen (secondary N) is 4. The van der Waals surface area contributed by atoms with Crippen LogP contribution in [0.25, 0.3) is 21.5 Å². The van der Waals surface area contributed by atoms with Crippen molar-refractivity contribution in [1.82, 2.24) is 21.3 Å². The van der Waals surface area contributed by atoms with Crippen molar-refractivity contribution in [3.63, 3.8) is 0 Å². The number of hydrogen-bond acceptors (Lipinski definition) is 12. The second-order valence-corrected chi connectivity index (χ2v) is 29.9. The number of carbonyl (C=O) groups excluding carboxylic acids is 4. The number of amides is 4. The lowest BCUT2D eigenvalue weighted by Gasteiger charge is -2.35. The SMILES string of the molecule is CC(C)[C@H](NC(=O)[C@H](Cc1cccc2ccccc12)CS(=O)(=O)C(C)(C)C)C(=O)N[C@@H](Cc1ccc(O)cc1)[C@@H](O)[C@H](O)[C@H](Cc1ccc(O)cc1)NC(=O)[C@@H](NC(=O)[C@@H](Cc1cccc2ccccc12)CS(=O)(=O)C(C)(C)C)C(C)C. The number of aromatic hydroxyl groups is 2. The van der Waals surface area contributed by atoms with Crippen molar-refractivity contribution in [1.29, 1.82) is 0 Å². The van der Waals surface area contributed by atoms with Crippen LogP contribution in [0.1, 0.15) is 91.5 Å². The van der Waals surface area contributed by atoms with Gasteiger partial charge in [0.05, 0.1) is 44.9 Å². The van der Waals surface area contributed by atoms with Crippen LogP contribution >= 0.6 is 0 Å². The van der Waals surface area contributed by atoms with Gasteiger partial charge in [-0.1, -0.05) is 137 Å². The molecule has 8 atom stereocenters. The molecule has 6 rings (SSSR count). The number of aliphatic hydroxyl groups is 2. The fourth-order valence-electron chi connectivity index (χ4n) is 9.88. The maximum atomic E-state index is 14.8. The van der Waals surface area contributed by atoms with E-state index in [9.17, 15) is 56.4 Å². The predicted octanol–water partition coefficient (Wildman–Crippen LogP) is 7.31. The molecule has 16 nitrogen and oxygen atoms in total. The Morgan fingerprint density at radius 1 is 0.427 bits per heavy atom. The van der Waals surface area contributed by atoms with Crippen molar-refractivity contribution in [2.75, 3.05) is 11.5 Å². The van der Waals surface area contributed by atoms with Crippen molar-refractivity contribution in [3.05, 3.63) is 156 Å². The van der Waals surface area contributed by atoms with Crippen molar-refractivity contribution in [2.24, 2.45) is 23.7 Å². The summed E-state index contributed by atoms with van der Waals surface area (Å²) in [6.07, 6.45) is -3.97. The van der Waals surface area contributed by atoms with Gasteiger partial charge in [0.15, 0.2) is 19.7 Å². The molecule has 0 radical (unpaired) electrons. The number of benzene rings is 6. The summed E-state index contributed by atoms with van der Waals surface area (Å²) >= 11 is 0. The van der Waals surface area contributed by atoms with Crippen molar-refractivity contribution < 1.29 is 56.4 Å². The average molecular weight is 1160 g/mol. The molecule has 6 aromatic carbocycles. The van der Waals surface area contributed by atoms with Crippen LogP contribution in [0.4, 0.5) is 0 Å². The van der Waals surface area contributed by atoms with Gasteiger partial charge in [0.25, 0.3) is 0 Å². The van der Waals surface area contributed by atoms with Crippen LogP contribution in [-0.4, -0.2) is 118 Å². The number of aliphatic hydroxyl groups excluding tert-OH is 2. The van der Waals surface area contributed by atoms with Crippen LogP contribution in [-0.2, 0) is 64.5 Å². The monoisotopic (exact) mass is 1160 g/mol. The molecule has 0 heterocycles. The van der Waals surface area contributed by atoms with E-state index in [-0.39, 0.29) is 37.2 Å². The minimum Gasteiger partial charge on any atom is -0.508 e. The zero-order valence-electron chi connectivity index (χ0n) is 48.6. The molecule has 0 saturated carbocycles. The predicted molar refractivity (Wildman–Crippen MR) is 322 cm³/mol. The van der Waals surface area contributed by atoms with Crippen molar-refractivity contribution in [3.8, 4) is 11.5 Å². The van der Waals surface area contributed by atoms with E-state index in [1.165, 1.54) is 24.3 Å². The third kappa shape index (κ3) is 16.7. The minimum atomic E-state index is -3.89. The fraction of sp³-hybridized carbons (Fsp3) is 0.438. The van der Waals surface area contributed by atoms with Crippen LogP contribution in [0, 0.1) is 23.7 Å². The Morgan fingerprint density at radius 2 is 0.744 bits per heavy atom. The lowest BCUT2D eigenvalue weighted by Crippen LogP contribution is -2.62. The minimum absolute atomic E-state index is 0.0314. The van der Waals surface area contributed by atoms with E-state index >= 15 is 0 Å². The highest BCUT2D eigenvalue weighted by Crippen LogP contribution is 2.29. The van der Waals surface area contributed by atoms with Crippen molar-refractivity contribution in [2.45, 2.75) is 141 Å². The summed E-state index contributed by atoms with van der Waals surface area (Å²) in [6, 6.07) is 32.9. The first-order chi connectivity index (χ1) is 38.3. The maximum absolute atomic E-state index is 14.8. The van der Waals surface area contributed by atoms with Gasteiger partial charge in [0, 0.05) is 0 Å². The zero-order chi connectivity index (χ0) is 60.5. The van der Waals surface area contributed by atoms with E-state index < -0.39 is 124 Å². The molecule has 0 aliphatic carbocycles. The Balaban J connectivity index is 1.31. The summed E-state index contributed by atoms with van der Waals surface area (Å²) in [5, 5.41) is 60.2. The maximum Gasteiger partial charge on any atom is 0.243 e. The molecular weight excluding hydrogens is 1080 g/mol. The quantitative estimate of drug-likeness (QED) is 0.0281. The Hall–Kier alpha value is -6.86. The first-order valence-electron chi connectivity index (χ1n) is 27.9. The van der Waals surface area contributed by atoms with E-state index in [1.54, 1.807) is 93.5 Å². The van der Waals surface area contributed by atoms with Crippen LogP contribution in [0.15, 0.2) is 133 Å². The van der Waals surface area contributed by atoms with Gasteiger partial charge in [-0.15, -0.1) is 0 Å². The number of phenols is 2. The smallest absolute Gasteiger partial charge is 0.243 e. The third-order valence-electron chi connectivity index (χ3n) is 15.2. The topological polar surface area (TPSA) is 266 Å². The average Bonchev–Trinajstić information content (AvgIpc) is 3.39. The second kappa shape index (κ2) is 27.0. The third-order valence-corrected chi connectivity index (χ3v) is 20.7. The zero-order valence-corrected chi connectivity index (χ0v) is 50.2. The van der Waals surface area contributed by atoms with E-state index in [2.05, 4.69) is 21.3 Å². The standard InChI is InChI=1S/C64H82N4O12S2/c1-39(2)55(67-59(73)47(37-81(77,78)63(5,6)7)35-45-21-15-19-43-17-11-13-23-51(43)45)61(75)65-53(33-41-25-29-49(69)30-26-41)57(71)58(72)54(34-42-27-31-50(70)32-28-42)66-62(76)56(40(3)4)68-60(74)48(38-82(79,80)64(8,9)10)36-46-22-16-20-44-18-12-14-24-52(44)46/h11-32,39-40,47-48,53-58,69-72H,33-38H2,1-10H3,(H,65,75)(H,66,76)(H,67,73)(H,68,74)/t47-,48+,53-,54-,55-,56-,57+,58+/m0/s1. The summed E-state index contributed by atoms with van der Waals surface area (Å²) < 4.78 is 52.9. The summed E-state index contributed by atoms with van der Waals surface area (Å²) in [7, 11) is -7.77. The molecule has 82 heavy (non-hydrogen) atoms. The van der Waals surface area contributed by atoms with Crippen LogP contribution in [0.3, 0.4) is 0 Å². The van der Waals surface area contributed by atoms with Crippen LogP contribution in [0.2, 0.25) is 0 Å². The molecule has 0 aliphatic heterocycles. The van der Waals surface area contributed by atoms with Crippen molar-refractivity contribution >= 4 is 64.8 Å². The lowest BCUT2D eigenvalue weighted by atomic mass is 9.90. The molecule has 6 aromatic rings. The second-order valence-electron chi connectivity index (χ2n) is 24.3. The normalized spacial score (nSPS) is 15.4. The fourth-order valence-corrected chi connectivity index (χ4v) is 12.5. The molecule has 0 spiro atoms. The highest BCUT2D eigenvalue weighted by Gasteiger charge is 2.41. The molecule has 18 heteroatoms. The van der Waals surface area contributed by atoms with Gasteiger partial charge in [0.2, 0.25) is 23.6 Å². The Bertz CT molecular complexity index is 3170. The van der Waals surface area contributed by atoms with E-state index in [4.69, 9.17) is 0 Å². The largest absolute Gasteiger partial charge is 0.508 e. The number of hydrogen-bond donors (Lipinski definition) is 8. The van der Waals surface area contributed by atoms with Gasteiger partial charge in [0.1, 0.15) is 35.8 Å². The molecule has 0 bridgehead atoms. The van der Waals surface area contributed by atoms with Crippen LogP contribution in [0.5, 0.6) is 11.5 Å². The number of phenolic OH excluding ortho intramolecular Hbond substituents is 2. The van der Waals surface area contributed by atoms with Gasteiger partial charge < -0.3 is 41.7 Å². The summed E-state index contributed by atoms with van der Waals surface area (Å²) in [5.41, 5.74) is 2.50. The first kappa shape index (κ1) is 64.3. The number of rotatable bonds is 25. The lowest BCUT2D eigenvalue weighted by molar-refractivity contribution is -0.134. The molecule has 0 fully saturated rings. The van der Waals surface area contributed by atoms with Gasteiger partial charge in [-0.3, -0.25) is 19.2 Å². The van der Waals surface area contributed by atoms with E-state index in [0.717, 1.165) is 32.7 Å². The molecule has 0 aliphatic rings. The Kier molecular flexibility index (Phi) is 21.2. The van der Waals surface area contributed by atoms with Gasteiger partial charge in [-0.05, 0) is 147 Å². The van der Waals surface area contributed by atoms with Gasteiger partial charge >= 0.3 is 0 Å². The highest BCUT2D eigenvalue weighted by molar-refractivity contribution is 7.93. The summed E-state index contributed by atoms with van der Waals surface area (Å²) in [4.78, 5) is 58.7. The molecule has 442 valence electrons. The van der Waals surface area contributed by atoms with Crippen LogP contribution < -0.4 is 21.3 Å². The number of sulfone groups is 2. The molecule has 0 unspecified atom stereocenters.